The summed E-state index contributed by atoms with van der Waals surface area (Å²) >= 11 is 11.6. The molecule has 1 fully saturated rings. The number of anilines is 1. The molecular formula is C11H8Cl2N2O. The van der Waals surface area contributed by atoms with Crippen LogP contribution in [-0.4, -0.2) is 10.2 Å². The fourth-order valence-electron chi connectivity index (χ4n) is 1.39. The first-order valence-corrected chi connectivity index (χ1v) is 5.47. The summed E-state index contributed by atoms with van der Waals surface area (Å²) in [7, 11) is 0. The van der Waals surface area contributed by atoms with Gasteiger partial charge < -0.3 is 5.32 Å². The van der Waals surface area contributed by atoms with E-state index in [9.17, 15) is 4.79 Å². The van der Waals surface area contributed by atoms with Crippen LogP contribution in [0.1, 0.15) is 12.0 Å². The smallest absolute Gasteiger partial charge is 0.230 e. The monoisotopic (exact) mass is 254 g/mol. The highest BCUT2D eigenvalue weighted by molar-refractivity contribution is 6.52. The SMILES string of the molecule is N#Cc1cccc(NC(=O)[C@H]2CC2(Cl)Cl)c1. The zero-order chi connectivity index (χ0) is 11.8. The van der Waals surface area contributed by atoms with Gasteiger partial charge in [0.2, 0.25) is 5.91 Å². The average molecular weight is 255 g/mol. The van der Waals surface area contributed by atoms with E-state index in [1.807, 2.05) is 6.07 Å². The van der Waals surface area contributed by atoms with Gasteiger partial charge in [-0.25, -0.2) is 0 Å². The summed E-state index contributed by atoms with van der Waals surface area (Å²) in [5.41, 5.74) is 1.08. The maximum atomic E-state index is 11.6. The van der Waals surface area contributed by atoms with Crippen molar-refractivity contribution in [2.75, 3.05) is 5.32 Å². The molecule has 0 saturated heterocycles. The van der Waals surface area contributed by atoms with Crippen molar-refractivity contribution in [1.82, 2.24) is 0 Å². The molecule has 1 amide bonds. The number of nitrogens with zero attached hydrogens (tertiary/aromatic N) is 1. The highest BCUT2D eigenvalue weighted by Crippen LogP contribution is 2.53. The number of rotatable bonds is 2. The van der Waals surface area contributed by atoms with E-state index in [2.05, 4.69) is 5.32 Å². The Kier molecular flexibility index (Phi) is 2.79. The number of nitriles is 1. The van der Waals surface area contributed by atoms with Crippen LogP contribution in [0.2, 0.25) is 0 Å². The van der Waals surface area contributed by atoms with Crippen molar-refractivity contribution in [2.24, 2.45) is 5.92 Å². The third-order valence-corrected chi connectivity index (χ3v) is 3.24. The third-order valence-electron chi connectivity index (χ3n) is 2.40. The maximum absolute atomic E-state index is 11.6. The second-order valence-electron chi connectivity index (χ2n) is 3.70. The second-order valence-corrected chi connectivity index (χ2v) is 5.24. The van der Waals surface area contributed by atoms with Crippen LogP contribution >= 0.6 is 23.2 Å². The van der Waals surface area contributed by atoms with Gasteiger partial charge in [-0.2, -0.15) is 5.26 Å². The van der Waals surface area contributed by atoms with E-state index in [4.69, 9.17) is 28.5 Å². The molecule has 0 radical (unpaired) electrons. The summed E-state index contributed by atoms with van der Waals surface area (Å²) in [5, 5.41) is 11.4. The van der Waals surface area contributed by atoms with Crippen molar-refractivity contribution < 1.29 is 4.79 Å². The molecule has 1 aliphatic rings. The Morgan fingerprint density at radius 2 is 2.25 bits per heavy atom. The summed E-state index contributed by atoms with van der Waals surface area (Å²) in [6.45, 7) is 0. The number of hydrogen-bond acceptors (Lipinski definition) is 2. The normalized spacial score (nSPS) is 20.9. The van der Waals surface area contributed by atoms with Gasteiger partial charge in [0.25, 0.3) is 0 Å². The molecular weight excluding hydrogens is 247 g/mol. The predicted molar refractivity (Wildman–Crippen MR) is 62.3 cm³/mol. The quantitative estimate of drug-likeness (QED) is 0.826. The van der Waals surface area contributed by atoms with Crippen molar-refractivity contribution in [3.05, 3.63) is 29.8 Å². The van der Waals surface area contributed by atoms with Crippen molar-refractivity contribution in [3.8, 4) is 6.07 Å². The van der Waals surface area contributed by atoms with Crippen LogP contribution in [0.3, 0.4) is 0 Å². The Bertz CT molecular complexity index is 479. The van der Waals surface area contributed by atoms with Crippen LogP contribution in [0.25, 0.3) is 0 Å². The molecule has 0 bridgehead atoms. The Balaban J connectivity index is 2.05. The van der Waals surface area contributed by atoms with Gasteiger partial charge in [0.05, 0.1) is 17.6 Å². The number of alkyl halides is 2. The molecule has 1 N–H and O–H groups in total. The molecule has 82 valence electrons. The van der Waals surface area contributed by atoms with Crippen molar-refractivity contribution in [1.29, 1.82) is 5.26 Å². The molecule has 0 aromatic heterocycles. The standard InChI is InChI=1S/C11H8Cl2N2O/c12-11(13)5-9(11)10(16)15-8-3-1-2-7(4-8)6-14/h1-4,9H,5H2,(H,15,16)/t9-/m1/s1. The van der Waals surface area contributed by atoms with E-state index in [0.717, 1.165) is 0 Å². The van der Waals surface area contributed by atoms with E-state index < -0.39 is 4.33 Å². The lowest BCUT2D eigenvalue weighted by Crippen LogP contribution is -2.16. The highest BCUT2D eigenvalue weighted by atomic mass is 35.5. The lowest BCUT2D eigenvalue weighted by molar-refractivity contribution is -0.117. The Hall–Kier alpha value is -1.24. The first kappa shape index (κ1) is 11.3. The second kappa shape index (κ2) is 3.97. The molecule has 2 rings (SSSR count). The van der Waals surface area contributed by atoms with Gasteiger partial charge in [-0.15, -0.1) is 23.2 Å². The zero-order valence-electron chi connectivity index (χ0n) is 8.21. The minimum absolute atomic E-state index is 0.208. The number of halogens is 2. The van der Waals surface area contributed by atoms with Crippen LogP contribution in [-0.2, 0) is 4.79 Å². The van der Waals surface area contributed by atoms with E-state index in [1.54, 1.807) is 24.3 Å². The predicted octanol–water partition coefficient (Wildman–Crippen LogP) is 2.69. The minimum Gasteiger partial charge on any atom is -0.326 e. The number of carbonyl (C=O) groups excluding carboxylic acids is 1. The number of amides is 1. The molecule has 1 saturated carbocycles. The van der Waals surface area contributed by atoms with Gasteiger partial charge in [-0.1, -0.05) is 6.07 Å². The summed E-state index contributed by atoms with van der Waals surface area (Å²) in [6, 6.07) is 8.68. The lowest BCUT2D eigenvalue weighted by atomic mass is 10.2. The summed E-state index contributed by atoms with van der Waals surface area (Å²) < 4.78 is -0.920. The molecule has 1 atom stereocenters. The Labute approximate surface area is 103 Å². The molecule has 1 aromatic rings. The number of benzene rings is 1. The van der Waals surface area contributed by atoms with Crippen LogP contribution in [0.5, 0.6) is 0 Å². The summed E-state index contributed by atoms with van der Waals surface area (Å²) in [4.78, 5) is 11.6. The molecule has 0 spiro atoms. The number of nitrogens with one attached hydrogen (secondary N) is 1. The van der Waals surface area contributed by atoms with E-state index in [-0.39, 0.29) is 11.8 Å². The molecule has 16 heavy (non-hydrogen) atoms. The van der Waals surface area contributed by atoms with Gasteiger partial charge in [0, 0.05) is 5.69 Å². The average Bonchev–Trinajstić information content (AvgIpc) is 2.88. The maximum Gasteiger partial charge on any atom is 0.230 e. The molecule has 0 aliphatic heterocycles. The first-order chi connectivity index (χ1) is 7.53. The van der Waals surface area contributed by atoms with Crippen molar-refractivity contribution in [3.63, 3.8) is 0 Å². The van der Waals surface area contributed by atoms with Gasteiger partial charge in [0.1, 0.15) is 4.33 Å². The fourth-order valence-corrected chi connectivity index (χ4v) is 1.90. The third kappa shape index (κ3) is 2.29. The van der Waals surface area contributed by atoms with E-state index >= 15 is 0 Å². The van der Waals surface area contributed by atoms with Crippen LogP contribution in [0, 0.1) is 17.2 Å². The van der Waals surface area contributed by atoms with E-state index in [1.165, 1.54) is 0 Å². The van der Waals surface area contributed by atoms with Crippen molar-refractivity contribution in [2.45, 2.75) is 10.8 Å². The lowest BCUT2D eigenvalue weighted by Gasteiger charge is -2.04. The summed E-state index contributed by atoms with van der Waals surface area (Å²) in [6.07, 6.45) is 0.472. The molecule has 5 heteroatoms. The van der Waals surface area contributed by atoms with Gasteiger partial charge >= 0.3 is 0 Å². The number of hydrogen-bond donors (Lipinski definition) is 1. The van der Waals surface area contributed by atoms with Gasteiger partial charge in [-0.05, 0) is 24.6 Å². The molecule has 1 aliphatic carbocycles. The van der Waals surface area contributed by atoms with Crippen LogP contribution in [0.4, 0.5) is 5.69 Å². The zero-order valence-corrected chi connectivity index (χ0v) is 9.72. The molecule has 0 unspecified atom stereocenters. The fraction of sp³-hybridized carbons (Fsp3) is 0.273. The van der Waals surface area contributed by atoms with Crippen molar-refractivity contribution >= 4 is 34.8 Å². The van der Waals surface area contributed by atoms with Gasteiger partial charge in [-0.3, -0.25) is 4.79 Å². The first-order valence-electron chi connectivity index (χ1n) is 4.72. The summed E-state index contributed by atoms with van der Waals surface area (Å²) in [5.74, 6) is -0.568. The van der Waals surface area contributed by atoms with E-state index in [0.29, 0.717) is 17.7 Å². The largest absolute Gasteiger partial charge is 0.326 e. The molecule has 1 aromatic carbocycles. The Morgan fingerprint density at radius 1 is 1.56 bits per heavy atom. The number of carbonyl (C=O) groups is 1. The minimum atomic E-state index is -0.920. The topological polar surface area (TPSA) is 52.9 Å². The van der Waals surface area contributed by atoms with Crippen LogP contribution < -0.4 is 5.32 Å². The molecule has 3 nitrogen and oxygen atoms in total. The Morgan fingerprint density at radius 3 is 2.81 bits per heavy atom. The molecule has 0 heterocycles. The van der Waals surface area contributed by atoms with Gasteiger partial charge in [0.15, 0.2) is 0 Å². The highest BCUT2D eigenvalue weighted by Gasteiger charge is 2.56. The van der Waals surface area contributed by atoms with Crippen LogP contribution in [0.15, 0.2) is 24.3 Å².